The fraction of sp³-hybridized carbons (Fsp3) is 0.564. The first-order valence-corrected chi connectivity index (χ1v) is 20.2. The van der Waals surface area contributed by atoms with Gasteiger partial charge in [-0.3, -0.25) is 13.8 Å². The van der Waals surface area contributed by atoms with Crippen LogP contribution in [-0.2, 0) is 20.4 Å². The third-order valence-electron chi connectivity index (χ3n) is 9.64. The number of carbonyl (C=O) groups is 2. The lowest BCUT2D eigenvalue weighted by atomic mass is 9.83. The predicted molar refractivity (Wildman–Crippen MR) is 203 cm³/mol. The molecule has 2 amide bonds. The van der Waals surface area contributed by atoms with Gasteiger partial charge in [-0.2, -0.15) is 0 Å². The molecule has 1 unspecified atom stereocenters. The highest BCUT2D eigenvalue weighted by Crippen LogP contribution is 2.43. The maximum atomic E-state index is 12.8. The van der Waals surface area contributed by atoms with Gasteiger partial charge in [-0.05, 0) is 86.3 Å². The number of rotatable bonds is 9. The van der Waals surface area contributed by atoms with Crippen molar-refractivity contribution in [2.45, 2.75) is 102 Å². The molecule has 3 aromatic rings. The van der Waals surface area contributed by atoms with Crippen molar-refractivity contribution < 1.29 is 20.0 Å². The molecule has 3 saturated carbocycles. The van der Waals surface area contributed by atoms with E-state index >= 15 is 0 Å². The number of hydrogen-bond donors (Lipinski definition) is 1. The quantitative estimate of drug-likeness (QED) is 0.241. The van der Waals surface area contributed by atoms with E-state index in [1.165, 1.54) is 90.8 Å². The lowest BCUT2D eigenvalue weighted by molar-refractivity contribution is -0.123. The van der Waals surface area contributed by atoms with Gasteiger partial charge in [0.25, 0.3) is 0 Å². The van der Waals surface area contributed by atoms with Crippen molar-refractivity contribution in [1.29, 1.82) is 0 Å². The van der Waals surface area contributed by atoms with Crippen molar-refractivity contribution in [1.82, 2.24) is 10.3 Å². The number of benzene rings is 2. The second kappa shape index (κ2) is 19.2. The lowest BCUT2D eigenvalue weighted by Gasteiger charge is -2.26. The number of thiazole rings is 1. The number of aryl methyl sites for hydroxylation is 1. The molecule has 0 spiro atoms. The van der Waals surface area contributed by atoms with Crippen LogP contribution in [0.4, 0.5) is 5.69 Å². The van der Waals surface area contributed by atoms with Crippen LogP contribution in [0, 0.1) is 12.8 Å². The lowest BCUT2D eigenvalue weighted by Crippen LogP contribution is -2.33. The summed E-state index contributed by atoms with van der Waals surface area (Å²) in [5.41, 5.74) is 4.93. The Morgan fingerprint density at radius 3 is 2.27 bits per heavy atom. The van der Waals surface area contributed by atoms with Gasteiger partial charge in [-0.25, -0.2) is 4.98 Å². The molecule has 3 aliphatic carbocycles. The molecule has 0 bridgehead atoms. The van der Waals surface area contributed by atoms with E-state index in [-0.39, 0.29) is 19.2 Å². The van der Waals surface area contributed by atoms with Crippen LogP contribution in [-0.4, -0.2) is 54.2 Å². The van der Waals surface area contributed by atoms with Crippen LogP contribution in [0.2, 0.25) is 0 Å². The summed E-state index contributed by atoms with van der Waals surface area (Å²) in [6.07, 6.45) is 19.2. The molecule has 3 aliphatic rings. The Balaban J connectivity index is 0.000000223. The van der Waals surface area contributed by atoms with Gasteiger partial charge in [-0.1, -0.05) is 62.8 Å². The summed E-state index contributed by atoms with van der Waals surface area (Å²) in [5.74, 6) is 3.39. The Morgan fingerprint density at radius 2 is 1.67 bits per heavy atom. The van der Waals surface area contributed by atoms with Crippen LogP contribution in [0.1, 0.15) is 113 Å². The van der Waals surface area contributed by atoms with Crippen LogP contribution in [0.25, 0.3) is 10.4 Å². The summed E-state index contributed by atoms with van der Waals surface area (Å²) in [6.45, 7) is 2.13. The number of aromatic nitrogens is 1. The van der Waals surface area contributed by atoms with Crippen molar-refractivity contribution in [3.05, 3.63) is 64.8 Å². The van der Waals surface area contributed by atoms with E-state index in [4.69, 9.17) is 4.74 Å². The van der Waals surface area contributed by atoms with Gasteiger partial charge in [-0.15, -0.1) is 11.3 Å². The van der Waals surface area contributed by atoms with Crippen molar-refractivity contribution in [2.24, 2.45) is 5.92 Å². The number of nitrogens with zero attached hydrogens (tertiary/aromatic N) is 2. The molecule has 1 aromatic heterocycles. The Bertz CT molecular complexity index is 1500. The van der Waals surface area contributed by atoms with Crippen molar-refractivity contribution in [2.75, 3.05) is 38.1 Å². The molecule has 9 heteroatoms. The fourth-order valence-corrected chi connectivity index (χ4v) is 8.07. The van der Waals surface area contributed by atoms with Crippen molar-refractivity contribution in [3.8, 4) is 16.2 Å². The molecule has 3 fully saturated rings. The van der Waals surface area contributed by atoms with Gasteiger partial charge in [0.15, 0.2) is 0 Å². The molecule has 1 atom stereocenters. The third kappa shape index (κ3) is 11.5. The smallest absolute Gasteiger partial charge is 0.229 e. The number of hydrogen-bond acceptors (Lipinski definition) is 6. The molecule has 0 aliphatic heterocycles. The maximum Gasteiger partial charge on any atom is 0.229 e. The van der Waals surface area contributed by atoms with Gasteiger partial charge >= 0.3 is 0 Å². The summed E-state index contributed by atoms with van der Waals surface area (Å²) in [6, 6.07) is 15.0. The van der Waals surface area contributed by atoms with Gasteiger partial charge in [0, 0.05) is 68.5 Å². The first kappa shape index (κ1) is 37.8. The third-order valence-corrected chi connectivity index (χ3v) is 11.6. The van der Waals surface area contributed by atoms with E-state index < -0.39 is 10.8 Å². The summed E-state index contributed by atoms with van der Waals surface area (Å²) < 4.78 is 15.7. The number of ether oxygens (including phenoxy) is 1. The number of amides is 2. The topological polar surface area (TPSA) is 88.6 Å². The van der Waals surface area contributed by atoms with Crippen LogP contribution < -0.4 is 15.0 Å². The van der Waals surface area contributed by atoms with E-state index in [1.54, 1.807) is 31.8 Å². The van der Waals surface area contributed by atoms with Gasteiger partial charge in [0.2, 0.25) is 11.8 Å². The number of nitrogens with one attached hydrogen (secondary N) is 1. The van der Waals surface area contributed by atoms with Gasteiger partial charge in [0.1, 0.15) is 5.75 Å². The van der Waals surface area contributed by atoms with Crippen LogP contribution in [0.3, 0.4) is 0 Å². The van der Waals surface area contributed by atoms with Crippen LogP contribution in [0.15, 0.2) is 48.7 Å². The number of carbonyl (C=O) groups excluding carboxylic acids is 2. The summed E-state index contributed by atoms with van der Waals surface area (Å²) in [4.78, 5) is 30.9. The van der Waals surface area contributed by atoms with Crippen molar-refractivity contribution >= 4 is 39.6 Å². The minimum Gasteiger partial charge on any atom is -0.496 e. The molecular weight excluding hydrogens is 639 g/mol. The second-order valence-corrected chi connectivity index (χ2v) is 16.0. The molecule has 6 rings (SSSR count). The zero-order chi connectivity index (χ0) is 34.5. The van der Waals surface area contributed by atoms with E-state index in [0.717, 1.165) is 30.2 Å². The van der Waals surface area contributed by atoms with E-state index in [1.807, 2.05) is 30.3 Å². The van der Waals surface area contributed by atoms with Crippen molar-refractivity contribution in [3.63, 3.8) is 0 Å². The molecule has 264 valence electrons. The monoisotopic (exact) mass is 695 g/mol. The molecule has 48 heavy (non-hydrogen) atoms. The minimum absolute atomic E-state index is 0. The Hall–Kier alpha value is -3.04. The highest BCUT2D eigenvalue weighted by atomic mass is 32.2. The summed E-state index contributed by atoms with van der Waals surface area (Å²) >= 11 is 1.80. The molecule has 0 saturated heterocycles. The van der Waals surface area contributed by atoms with E-state index in [2.05, 4.69) is 47.6 Å². The van der Waals surface area contributed by atoms with E-state index in [9.17, 15) is 13.8 Å². The normalized spacial score (nSPS) is 17.2. The standard InChI is InChI=1S/C20H24N2OS.C14H20O.C5H11NO2S.H2/c1-22(20(23)15-6-3-2-4-7-15)17-9-5-8-16(12-17)18-13-21-19(24-18)14-10-11-14;1-11-10-13(8-9-14(11)15-2)12-6-4-3-5-7-12;1-6-5(7)3-4-9(2)8;/h5,8-9,12-15H,2-4,6-7,10-11H2,1H3;8-10,12H,3-7H2,1-2H3;3-4H2,1-2H3,(H,6,7);1H. The maximum absolute atomic E-state index is 12.8. The molecule has 2 aromatic carbocycles. The second-order valence-electron chi connectivity index (χ2n) is 13.4. The molecule has 0 radical (unpaired) electrons. The number of anilines is 1. The molecule has 1 N–H and O–H groups in total. The molecule has 7 nitrogen and oxygen atoms in total. The predicted octanol–water partition coefficient (Wildman–Crippen LogP) is 9.03. The zero-order valence-corrected chi connectivity index (χ0v) is 31.2. The van der Waals surface area contributed by atoms with Gasteiger partial charge < -0.3 is 15.0 Å². The average Bonchev–Trinajstić information content (AvgIpc) is 3.86. The zero-order valence-electron chi connectivity index (χ0n) is 29.6. The highest BCUT2D eigenvalue weighted by molar-refractivity contribution is 7.84. The number of methoxy groups -OCH3 is 1. The minimum atomic E-state index is -0.849. The fourth-order valence-electron chi connectivity index (χ4n) is 6.51. The first-order valence-electron chi connectivity index (χ1n) is 17.7. The Labute approximate surface area is 296 Å². The molecule has 1 heterocycles. The first-order chi connectivity index (χ1) is 23.2. The molecular formula is C39H57N3O4S2. The van der Waals surface area contributed by atoms with Crippen LogP contribution >= 0.6 is 11.3 Å². The van der Waals surface area contributed by atoms with E-state index in [0.29, 0.717) is 18.1 Å². The average molecular weight is 696 g/mol. The highest BCUT2D eigenvalue weighted by Gasteiger charge is 2.27. The van der Waals surface area contributed by atoms with Gasteiger partial charge in [0.05, 0.1) is 17.0 Å². The Morgan fingerprint density at radius 1 is 0.979 bits per heavy atom. The summed E-state index contributed by atoms with van der Waals surface area (Å²) in [7, 11) is 4.38. The largest absolute Gasteiger partial charge is 0.496 e. The van der Waals surface area contributed by atoms with Crippen LogP contribution in [0.5, 0.6) is 5.75 Å². The SMILES string of the molecule is CN(C(=O)C1CCCCC1)c1cccc(-c2cnc(C3CC3)s2)c1.CNC(=O)CCS(C)=O.COc1ccc(C2CCCCC2)cc1C.[HH]. The summed E-state index contributed by atoms with van der Waals surface area (Å²) in [5, 5.41) is 3.71. The Kier molecular flexibility index (Phi) is 15.1.